The summed E-state index contributed by atoms with van der Waals surface area (Å²) in [5.41, 5.74) is 6.08. The maximum atomic E-state index is 12.1. The van der Waals surface area contributed by atoms with Crippen molar-refractivity contribution in [2.24, 2.45) is 5.10 Å². The van der Waals surface area contributed by atoms with Crippen molar-refractivity contribution >= 4 is 29.4 Å². The van der Waals surface area contributed by atoms with Gasteiger partial charge in [-0.05, 0) is 55.2 Å². The molecule has 1 N–H and O–H groups in total. The van der Waals surface area contributed by atoms with Crippen LogP contribution in [0.1, 0.15) is 48.2 Å². The summed E-state index contributed by atoms with van der Waals surface area (Å²) in [6.07, 6.45) is 3.88. The zero-order valence-electron chi connectivity index (χ0n) is 15.6. The molecule has 0 fully saturated rings. The maximum absolute atomic E-state index is 12.1. The van der Waals surface area contributed by atoms with Crippen LogP contribution in [0.5, 0.6) is 0 Å². The van der Waals surface area contributed by atoms with Crippen molar-refractivity contribution in [3.8, 4) is 0 Å². The average molecular weight is 372 g/mol. The standard InChI is InChI=1S/C21H26ClN3O/c1-4-12-25(13-5-2)18-9-7-17(8-10-18)15-23-24-21(26)19-11-6-16(3)14-20(19)22/h6-11,14-15H,4-5,12-13H2,1-3H3,(H,24,26)/b23-15+. The molecule has 2 aromatic rings. The number of amides is 1. The van der Waals surface area contributed by atoms with E-state index in [0.29, 0.717) is 10.6 Å². The molecule has 2 aromatic carbocycles. The number of aryl methyl sites for hydroxylation is 1. The van der Waals surface area contributed by atoms with Crippen molar-refractivity contribution in [3.63, 3.8) is 0 Å². The molecule has 0 spiro atoms. The molecule has 0 unspecified atom stereocenters. The van der Waals surface area contributed by atoms with Gasteiger partial charge in [0.15, 0.2) is 0 Å². The zero-order chi connectivity index (χ0) is 18.9. The first-order valence-corrected chi connectivity index (χ1v) is 9.37. The van der Waals surface area contributed by atoms with Crippen LogP contribution in [0.4, 0.5) is 5.69 Å². The van der Waals surface area contributed by atoms with E-state index in [4.69, 9.17) is 11.6 Å². The molecular weight excluding hydrogens is 346 g/mol. The van der Waals surface area contributed by atoms with E-state index in [9.17, 15) is 4.79 Å². The lowest BCUT2D eigenvalue weighted by Gasteiger charge is -2.23. The van der Waals surface area contributed by atoms with Gasteiger partial charge in [0.25, 0.3) is 5.91 Å². The van der Waals surface area contributed by atoms with Crippen LogP contribution in [-0.2, 0) is 0 Å². The van der Waals surface area contributed by atoms with Crippen LogP contribution in [0.2, 0.25) is 5.02 Å². The fraction of sp³-hybridized carbons (Fsp3) is 0.333. The van der Waals surface area contributed by atoms with Gasteiger partial charge in [-0.1, -0.05) is 43.6 Å². The Morgan fingerprint density at radius 3 is 2.35 bits per heavy atom. The van der Waals surface area contributed by atoms with E-state index in [2.05, 4.69) is 41.4 Å². The highest BCUT2D eigenvalue weighted by Gasteiger charge is 2.09. The summed E-state index contributed by atoms with van der Waals surface area (Å²) in [7, 11) is 0. The van der Waals surface area contributed by atoms with Crippen molar-refractivity contribution in [1.82, 2.24) is 5.43 Å². The molecule has 138 valence electrons. The van der Waals surface area contributed by atoms with Crippen LogP contribution in [-0.4, -0.2) is 25.2 Å². The summed E-state index contributed by atoms with van der Waals surface area (Å²) in [5.74, 6) is -0.320. The van der Waals surface area contributed by atoms with Crippen LogP contribution >= 0.6 is 11.6 Å². The molecule has 26 heavy (non-hydrogen) atoms. The highest BCUT2D eigenvalue weighted by atomic mass is 35.5. The second kappa shape index (κ2) is 9.97. The van der Waals surface area contributed by atoms with Gasteiger partial charge in [0.05, 0.1) is 16.8 Å². The number of hydrogen-bond acceptors (Lipinski definition) is 3. The van der Waals surface area contributed by atoms with Crippen molar-refractivity contribution < 1.29 is 4.79 Å². The maximum Gasteiger partial charge on any atom is 0.272 e. The number of nitrogens with one attached hydrogen (secondary N) is 1. The van der Waals surface area contributed by atoms with Gasteiger partial charge in [-0.15, -0.1) is 0 Å². The van der Waals surface area contributed by atoms with Gasteiger partial charge < -0.3 is 4.90 Å². The third-order valence-corrected chi connectivity index (χ3v) is 4.31. The average Bonchev–Trinajstić information content (AvgIpc) is 2.62. The van der Waals surface area contributed by atoms with E-state index in [1.165, 1.54) is 5.69 Å². The lowest BCUT2D eigenvalue weighted by atomic mass is 10.1. The fourth-order valence-corrected chi connectivity index (χ4v) is 3.03. The van der Waals surface area contributed by atoms with E-state index >= 15 is 0 Å². The highest BCUT2D eigenvalue weighted by molar-refractivity contribution is 6.33. The monoisotopic (exact) mass is 371 g/mol. The molecular formula is C21H26ClN3O. The number of anilines is 1. The second-order valence-corrected chi connectivity index (χ2v) is 6.67. The summed E-state index contributed by atoms with van der Waals surface area (Å²) in [6.45, 7) is 8.40. The molecule has 0 aliphatic carbocycles. The van der Waals surface area contributed by atoms with Crippen molar-refractivity contribution in [2.45, 2.75) is 33.6 Å². The number of halogens is 1. The Bertz CT molecular complexity index is 750. The van der Waals surface area contributed by atoms with E-state index in [0.717, 1.165) is 37.1 Å². The Balaban J connectivity index is 1.98. The predicted octanol–water partition coefficient (Wildman–Crippen LogP) is 5.04. The molecule has 0 aromatic heterocycles. The van der Waals surface area contributed by atoms with Gasteiger partial charge in [0.1, 0.15) is 0 Å². The number of carbonyl (C=O) groups excluding carboxylic acids is 1. The van der Waals surface area contributed by atoms with Gasteiger partial charge in [0, 0.05) is 18.8 Å². The van der Waals surface area contributed by atoms with E-state index in [-0.39, 0.29) is 5.91 Å². The third-order valence-electron chi connectivity index (χ3n) is 3.99. The van der Waals surface area contributed by atoms with Gasteiger partial charge in [-0.25, -0.2) is 5.43 Å². The smallest absolute Gasteiger partial charge is 0.272 e. The normalized spacial score (nSPS) is 10.9. The SMILES string of the molecule is CCCN(CCC)c1ccc(/C=N/NC(=O)c2ccc(C)cc2Cl)cc1. The summed E-state index contributed by atoms with van der Waals surface area (Å²) >= 11 is 6.10. The molecule has 0 bridgehead atoms. The predicted molar refractivity (Wildman–Crippen MR) is 110 cm³/mol. The molecule has 0 atom stereocenters. The van der Waals surface area contributed by atoms with E-state index in [1.54, 1.807) is 18.3 Å². The molecule has 5 heteroatoms. The Kier molecular flexibility index (Phi) is 7.67. The van der Waals surface area contributed by atoms with Gasteiger partial charge in [-0.2, -0.15) is 5.10 Å². The molecule has 0 aliphatic rings. The van der Waals surface area contributed by atoms with Crippen LogP contribution in [0.25, 0.3) is 0 Å². The van der Waals surface area contributed by atoms with Crippen LogP contribution < -0.4 is 10.3 Å². The summed E-state index contributed by atoms with van der Waals surface area (Å²) in [4.78, 5) is 14.5. The molecule has 1 amide bonds. The van der Waals surface area contributed by atoms with E-state index < -0.39 is 0 Å². The number of nitrogens with zero attached hydrogens (tertiary/aromatic N) is 2. The van der Waals surface area contributed by atoms with Gasteiger partial charge >= 0.3 is 0 Å². The summed E-state index contributed by atoms with van der Waals surface area (Å²) in [6, 6.07) is 13.5. The number of benzene rings is 2. The first-order valence-electron chi connectivity index (χ1n) is 8.99. The Labute approximate surface area is 160 Å². The Morgan fingerprint density at radius 2 is 1.77 bits per heavy atom. The molecule has 2 rings (SSSR count). The zero-order valence-corrected chi connectivity index (χ0v) is 16.4. The number of hydrazone groups is 1. The largest absolute Gasteiger partial charge is 0.372 e. The first-order chi connectivity index (χ1) is 12.5. The van der Waals surface area contributed by atoms with Crippen LogP contribution in [0.3, 0.4) is 0 Å². The van der Waals surface area contributed by atoms with Gasteiger partial charge in [0.2, 0.25) is 0 Å². The molecule has 0 aliphatic heterocycles. The van der Waals surface area contributed by atoms with E-state index in [1.807, 2.05) is 25.1 Å². The lowest BCUT2D eigenvalue weighted by Crippen LogP contribution is -2.24. The minimum Gasteiger partial charge on any atom is -0.372 e. The minimum absolute atomic E-state index is 0.320. The Hall–Kier alpha value is -2.33. The Morgan fingerprint density at radius 1 is 1.12 bits per heavy atom. The highest BCUT2D eigenvalue weighted by Crippen LogP contribution is 2.18. The topological polar surface area (TPSA) is 44.7 Å². The lowest BCUT2D eigenvalue weighted by molar-refractivity contribution is 0.0955. The molecule has 0 heterocycles. The van der Waals surface area contributed by atoms with Crippen molar-refractivity contribution in [3.05, 3.63) is 64.2 Å². The van der Waals surface area contributed by atoms with Crippen LogP contribution in [0.15, 0.2) is 47.6 Å². The van der Waals surface area contributed by atoms with Crippen molar-refractivity contribution in [2.75, 3.05) is 18.0 Å². The second-order valence-electron chi connectivity index (χ2n) is 6.26. The molecule has 4 nitrogen and oxygen atoms in total. The number of hydrogen-bond donors (Lipinski definition) is 1. The molecule has 0 saturated carbocycles. The summed E-state index contributed by atoms with van der Waals surface area (Å²) in [5, 5.41) is 4.46. The first kappa shape index (κ1) is 20.0. The quantitative estimate of drug-likeness (QED) is 0.522. The number of carbonyl (C=O) groups is 1. The van der Waals surface area contributed by atoms with Crippen LogP contribution in [0, 0.1) is 6.92 Å². The number of rotatable bonds is 8. The third kappa shape index (κ3) is 5.60. The fourth-order valence-electron chi connectivity index (χ4n) is 2.71. The molecule has 0 saturated heterocycles. The minimum atomic E-state index is -0.320. The van der Waals surface area contributed by atoms with Gasteiger partial charge in [-0.3, -0.25) is 4.79 Å². The molecule has 0 radical (unpaired) electrons. The summed E-state index contributed by atoms with van der Waals surface area (Å²) < 4.78 is 0. The van der Waals surface area contributed by atoms with Crippen molar-refractivity contribution in [1.29, 1.82) is 0 Å².